The van der Waals surface area contributed by atoms with E-state index in [2.05, 4.69) is 10.2 Å². The van der Waals surface area contributed by atoms with Gasteiger partial charge in [0.2, 0.25) is 0 Å². The predicted molar refractivity (Wildman–Crippen MR) is 41.5 cm³/mol. The maximum Gasteiger partial charge on any atom is 0.324 e. The molecule has 5 nitrogen and oxygen atoms in total. The molecule has 0 radical (unpaired) electrons. The molecule has 2 rings (SSSR count). The van der Waals surface area contributed by atoms with Crippen LogP contribution in [0.25, 0.3) is 0 Å². The van der Waals surface area contributed by atoms with Crippen LogP contribution in [0, 0.1) is 0 Å². The maximum atomic E-state index is 11.2. The van der Waals surface area contributed by atoms with E-state index in [-0.39, 0.29) is 18.0 Å². The van der Waals surface area contributed by atoms with E-state index < -0.39 is 0 Å². The second-order valence-electron chi connectivity index (χ2n) is 3.27. The number of hydrogen-bond acceptors (Lipinski definition) is 3. The third-order valence-electron chi connectivity index (χ3n) is 2.38. The first-order chi connectivity index (χ1) is 5.68. The summed E-state index contributed by atoms with van der Waals surface area (Å²) < 4.78 is 0. The van der Waals surface area contributed by atoms with E-state index in [4.69, 9.17) is 0 Å². The predicted octanol–water partition coefficient (Wildman–Crippen LogP) is -1.15. The lowest BCUT2D eigenvalue weighted by atomic mass is 10.2. The smallest absolute Gasteiger partial charge is 0.310 e. The summed E-state index contributed by atoms with van der Waals surface area (Å²) in [5.74, 6) is -0.161. The molecule has 2 aliphatic heterocycles. The molecule has 0 spiro atoms. The molecule has 66 valence electrons. The number of nitrogens with zero attached hydrogens (tertiary/aromatic N) is 2. The van der Waals surface area contributed by atoms with Crippen LogP contribution in [0.3, 0.4) is 0 Å². The molecule has 12 heavy (non-hydrogen) atoms. The molecule has 2 heterocycles. The van der Waals surface area contributed by atoms with Gasteiger partial charge in [0.1, 0.15) is 6.04 Å². The summed E-state index contributed by atoms with van der Waals surface area (Å²) in [6.07, 6.45) is 0. The van der Waals surface area contributed by atoms with Crippen molar-refractivity contribution in [1.82, 2.24) is 15.1 Å². The number of fused-ring (bicyclic) bond motifs is 1. The van der Waals surface area contributed by atoms with Crippen molar-refractivity contribution in [3.05, 3.63) is 0 Å². The molecule has 2 saturated heterocycles. The highest BCUT2D eigenvalue weighted by Gasteiger charge is 2.40. The largest absolute Gasteiger partial charge is 0.324 e. The Balaban J connectivity index is 2.17. The normalized spacial score (nSPS) is 30.4. The van der Waals surface area contributed by atoms with Crippen LogP contribution >= 0.6 is 0 Å². The van der Waals surface area contributed by atoms with Gasteiger partial charge in [0.15, 0.2) is 0 Å². The van der Waals surface area contributed by atoms with E-state index in [1.54, 1.807) is 4.90 Å². The first-order valence-electron chi connectivity index (χ1n) is 3.98. The molecule has 0 saturated carbocycles. The Morgan fingerprint density at radius 2 is 2.17 bits per heavy atom. The van der Waals surface area contributed by atoms with E-state index in [0.29, 0.717) is 13.1 Å². The summed E-state index contributed by atoms with van der Waals surface area (Å²) in [6, 6.07) is -0.491. The Labute approximate surface area is 70.3 Å². The monoisotopic (exact) mass is 169 g/mol. The van der Waals surface area contributed by atoms with Gasteiger partial charge in [-0.05, 0) is 7.05 Å². The van der Waals surface area contributed by atoms with Crippen molar-refractivity contribution in [2.75, 3.05) is 26.7 Å². The van der Waals surface area contributed by atoms with Crippen molar-refractivity contribution in [3.8, 4) is 0 Å². The minimum Gasteiger partial charge on any atom is -0.310 e. The maximum absolute atomic E-state index is 11.2. The molecule has 5 heteroatoms. The lowest BCUT2D eigenvalue weighted by Crippen LogP contribution is -2.51. The van der Waals surface area contributed by atoms with Gasteiger partial charge in [-0.3, -0.25) is 10.1 Å². The fourth-order valence-corrected chi connectivity index (χ4v) is 1.65. The Kier molecular flexibility index (Phi) is 1.54. The third kappa shape index (κ3) is 0.972. The van der Waals surface area contributed by atoms with Crippen LogP contribution in [0.5, 0.6) is 0 Å². The van der Waals surface area contributed by atoms with Crippen LogP contribution in [-0.2, 0) is 4.79 Å². The lowest BCUT2D eigenvalue weighted by molar-refractivity contribution is -0.122. The molecule has 1 N–H and O–H groups in total. The molecule has 0 aliphatic carbocycles. The molecule has 0 aromatic carbocycles. The van der Waals surface area contributed by atoms with Gasteiger partial charge in [-0.25, -0.2) is 4.79 Å². The van der Waals surface area contributed by atoms with Crippen LogP contribution in [-0.4, -0.2) is 54.5 Å². The summed E-state index contributed by atoms with van der Waals surface area (Å²) >= 11 is 0. The molecule has 0 aromatic rings. The number of piperazine rings is 1. The van der Waals surface area contributed by atoms with Gasteiger partial charge >= 0.3 is 6.03 Å². The minimum atomic E-state index is -0.253. The van der Waals surface area contributed by atoms with Crippen LogP contribution in [0.1, 0.15) is 0 Å². The molecule has 2 fully saturated rings. The summed E-state index contributed by atoms with van der Waals surface area (Å²) in [6.45, 7) is 2.15. The highest BCUT2D eigenvalue weighted by Crippen LogP contribution is 2.13. The van der Waals surface area contributed by atoms with Crippen molar-refractivity contribution in [2.45, 2.75) is 6.04 Å². The molecular weight excluding hydrogens is 158 g/mol. The fourth-order valence-electron chi connectivity index (χ4n) is 1.65. The van der Waals surface area contributed by atoms with Crippen LogP contribution < -0.4 is 5.32 Å². The van der Waals surface area contributed by atoms with Crippen LogP contribution in [0.4, 0.5) is 4.79 Å². The van der Waals surface area contributed by atoms with Crippen LogP contribution in [0.15, 0.2) is 0 Å². The van der Waals surface area contributed by atoms with Crippen molar-refractivity contribution >= 4 is 11.9 Å². The van der Waals surface area contributed by atoms with Gasteiger partial charge in [-0.2, -0.15) is 0 Å². The topological polar surface area (TPSA) is 52.6 Å². The number of hydrogen-bond donors (Lipinski definition) is 1. The Hall–Kier alpha value is -1.10. The highest BCUT2D eigenvalue weighted by atomic mass is 16.2. The number of amides is 3. The quantitative estimate of drug-likeness (QED) is 0.466. The fraction of sp³-hybridized carbons (Fsp3) is 0.714. The van der Waals surface area contributed by atoms with Crippen molar-refractivity contribution in [2.24, 2.45) is 0 Å². The minimum absolute atomic E-state index is 0.161. The molecule has 0 bridgehead atoms. The first kappa shape index (κ1) is 7.54. The second kappa shape index (κ2) is 2.45. The summed E-state index contributed by atoms with van der Waals surface area (Å²) in [7, 11) is 1.95. The average Bonchev–Trinajstić information content (AvgIpc) is 2.28. The summed E-state index contributed by atoms with van der Waals surface area (Å²) in [5, 5.41) is 2.30. The number of urea groups is 1. The van der Waals surface area contributed by atoms with Crippen molar-refractivity contribution < 1.29 is 9.59 Å². The zero-order valence-electron chi connectivity index (χ0n) is 6.91. The molecule has 0 aromatic heterocycles. The standard InChI is InChI=1S/C7H11N3O2/c1-9-2-3-10-5(4-9)6(11)8-7(10)12/h5H,2-4H2,1H3,(H,8,11,12)/t5-/m0/s1. The average molecular weight is 169 g/mol. The van der Waals surface area contributed by atoms with Gasteiger partial charge in [0.05, 0.1) is 0 Å². The van der Waals surface area contributed by atoms with Crippen LogP contribution in [0.2, 0.25) is 0 Å². The van der Waals surface area contributed by atoms with Gasteiger partial charge in [0, 0.05) is 19.6 Å². The Morgan fingerprint density at radius 3 is 2.92 bits per heavy atom. The van der Waals surface area contributed by atoms with E-state index >= 15 is 0 Å². The molecular formula is C7H11N3O2. The zero-order chi connectivity index (χ0) is 8.72. The third-order valence-corrected chi connectivity index (χ3v) is 2.38. The van der Waals surface area contributed by atoms with E-state index in [0.717, 1.165) is 6.54 Å². The van der Waals surface area contributed by atoms with Gasteiger partial charge in [-0.1, -0.05) is 0 Å². The number of carbonyl (C=O) groups is 2. The molecule has 2 aliphatic rings. The van der Waals surface area contributed by atoms with Crippen molar-refractivity contribution in [1.29, 1.82) is 0 Å². The Bertz CT molecular complexity index is 241. The second-order valence-corrected chi connectivity index (χ2v) is 3.27. The highest BCUT2D eigenvalue weighted by molar-refractivity contribution is 6.04. The lowest BCUT2D eigenvalue weighted by Gasteiger charge is -2.32. The van der Waals surface area contributed by atoms with E-state index in [1.807, 2.05) is 7.05 Å². The molecule has 0 unspecified atom stereocenters. The van der Waals surface area contributed by atoms with E-state index in [1.165, 1.54) is 0 Å². The van der Waals surface area contributed by atoms with Crippen molar-refractivity contribution in [3.63, 3.8) is 0 Å². The Morgan fingerprint density at radius 1 is 1.42 bits per heavy atom. The zero-order valence-corrected chi connectivity index (χ0v) is 6.91. The summed E-state index contributed by atoms with van der Waals surface area (Å²) in [4.78, 5) is 25.9. The molecule has 1 atom stereocenters. The molecule has 3 amide bonds. The number of imide groups is 1. The number of rotatable bonds is 0. The first-order valence-corrected chi connectivity index (χ1v) is 3.98. The number of carbonyl (C=O) groups excluding carboxylic acids is 2. The van der Waals surface area contributed by atoms with Gasteiger partial charge < -0.3 is 9.80 Å². The van der Waals surface area contributed by atoms with Gasteiger partial charge in [-0.15, -0.1) is 0 Å². The summed E-state index contributed by atoms with van der Waals surface area (Å²) in [5.41, 5.74) is 0. The van der Waals surface area contributed by atoms with Gasteiger partial charge in [0.25, 0.3) is 5.91 Å². The SMILES string of the molecule is CN1CCN2C(=O)NC(=O)[C@@H]2C1. The van der Waals surface area contributed by atoms with E-state index in [9.17, 15) is 9.59 Å². The number of nitrogens with one attached hydrogen (secondary N) is 1. The number of likely N-dealkylation sites (N-methyl/N-ethyl adjacent to an activating group) is 1.